The number of amides is 1. The third-order valence-electron chi connectivity index (χ3n) is 11.6. The van der Waals surface area contributed by atoms with E-state index in [1.54, 1.807) is 0 Å². The van der Waals surface area contributed by atoms with Crippen LogP contribution in [0.4, 0.5) is 10.9 Å². The summed E-state index contributed by atoms with van der Waals surface area (Å²) in [5.41, 5.74) is 4.78. The van der Waals surface area contributed by atoms with Crippen molar-refractivity contribution < 1.29 is 14.3 Å². The van der Waals surface area contributed by atoms with E-state index in [1.165, 1.54) is 43.4 Å². The molecular weight excluding hydrogens is 657 g/mol. The molecule has 0 unspecified atom stereocenters. The quantitative estimate of drug-likeness (QED) is 0.170. The molecule has 5 aromatic rings. The van der Waals surface area contributed by atoms with E-state index in [1.807, 2.05) is 75.5 Å². The molecule has 1 aliphatic heterocycles. The van der Waals surface area contributed by atoms with Gasteiger partial charge >= 0.3 is 5.97 Å². The Morgan fingerprint density at radius 2 is 1.73 bits per heavy atom. The van der Waals surface area contributed by atoms with Gasteiger partial charge in [-0.2, -0.15) is 5.10 Å². The van der Waals surface area contributed by atoms with Gasteiger partial charge in [-0.1, -0.05) is 35.6 Å². The number of nitrogens with one attached hydrogen (secondary N) is 1. The fourth-order valence-electron chi connectivity index (χ4n) is 9.57. The lowest BCUT2D eigenvalue weighted by Gasteiger charge is -2.54. The van der Waals surface area contributed by atoms with Crippen LogP contribution in [0.3, 0.4) is 0 Å². The van der Waals surface area contributed by atoms with Gasteiger partial charge in [0, 0.05) is 42.5 Å². The number of nitrogens with zero attached hydrogens (tertiary/aromatic N) is 5. The molecule has 51 heavy (non-hydrogen) atoms. The number of ether oxygens (including phenoxy) is 1. The summed E-state index contributed by atoms with van der Waals surface area (Å²) in [5, 5.41) is 8.42. The van der Waals surface area contributed by atoms with Crippen LogP contribution >= 0.6 is 11.3 Å². The van der Waals surface area contributed by atoms with Crippen molar-refractivity contribution in [3.63, 3.8) is 0 Å². The van der Waals surface area contributed by atoms with Gasteiger partial charge in [0.15, 0.2) is 10.8 Å². The summed E-state index contributed by atoms with van der Waals surface area (Å²) in [6, 6.07) is 17.7. The molecule has 2 aromatic carbocycles. The lowest BCUT2D eigenvalue weighted by Crippen LogP contribution is -2.46. The van der Waals surface area contributed by atoms with Crippen LogP contribution in [0.2, 0.25) is 0 Å². The second-order valence-electron chi connectivity index (χ2n) is 16.2. The highest BCUT2D eigenvalue weighted by Gasteiger charge is 2.48. The molecule has 5 aliphatic rings. The first-order valence-electron chi connectivity index (χ1n) is 18.4. The molecule has 4 aliphatic carbocycles. The summed E-state index contributed by atoms with van der Waals surface area (Å²) in [5.74, 6) is 4.25. The molecule has 4 saturated carbocycles. The fourth-order valence-corrected chi connectivity index (χ4v) is 10.4. The predicted molar refractivity (Wildman–Crippen MR) is 200 cm³/mol. The van der Waals surface area contributed by atoms with Crippen LogP contribution < -0.4 is 10.2 Å². The number of hydrogen-bond donors (Lipinski definition) is 1. The van der Waals surface area contributed by atoms with Crippen LogP contribution in [-0.2, 0) is 24.2 Å². The maximum Gasteiger partial charge on any atom is 0.358 e. The second kappa shape index (κ2) is 12.6. The van der Waals surface area contributed by atoms with Crippen molar-refractivity contribution >= 4 is 44.4 Å². The monoisotopic (exact) mass is 700 g/mol. The van der Waals surface area contributed by atoms with E-state index in [0.717, 1.165) is 69.1 Å². The van der Waals surface area contributed by atoms with Crippen molar-refractivity contribution in [2.45, 2.75) is 78.0 Å². The molecule has 1 amide bonds. The van der Waals surface area contributed by atoms with E-state index in [-0.39, 0.29) is 11.6 Å². The van der Waals surface area contributed by atoms with E-state index in [2.05, 4.69) is 32.1 Å². The van der Waals surface area contributed by atoms with Crippen molar-refractivity contribution in [1.29, 1.82) is 0 Å². The molecule has 3 aromatic heterocycles. The molecule has 0 spiro atoms. The SMILES string of the molecule is CC(C)(C)OC(=O)c1nc(N2CCc3cccc(C(=O)Nc4nc5ccccc5s4)c3C2)ccc1-c1cnn(CC2C3CC4CC(C3)CC2C4)c1. The van der Waals surface area contributed by atoms with E-state index in [9.17, 15) is 9.59 Å². The van der Waals surface area contributed by atoms with Crippen LogP contribution in [0.15, 0.2) is 67.0 Å². The van der Waals surface area contributed by atoms with E-state index >= 15 is 0 Å². The third-order valence-corrected chi connectivity index (χ3v) is 12.5. The standard InChI is InChI=1S/C41H44N6O3S/c1-41(2,3)50-39(49)37-30(29-20-42-47(21-29)23-32-27-16-24-15-25(18-27)19-28(32)17-24)11-12-36(44-37)46-14-13-26-7-6-8-31(33(26)22-46)38(48)45-40-43-34-9-4-5-10-35(34)51-40/h4-12,20-21,24-25,27-28,32H,13-19,22-23H2,1-3H3,(H,43,45,48). The van der Waals surface area contributed by atoms with Gasteiger partial charge in [0.2, 0.25) is 0 Å². The van der Waals surface area contributed by atoms with Gasteiger partial charge in [-0.15, -0.1) is 0 Å². The van der Waals surface area contributed by atoms with Crippen LogP contribution in [0.5, 0.6) is 0 Å². The molecular formula is C41H44N6O3S. The van der Waals surface area contributed by atoms with Crippen molar-refractivity contribution in [2.24, 2.45) is 29.6 Å². The third kappa shape index (κ3) is 6.32. The van der Waals surface area contributed by atoms with Crippen molar-refractivity contribution in [2.75, 3.05) is 16.8 Å². The highest BCUT2D eigenvalue weighted by molar-refractivity contribution is 7.22. The second-order valence-corrected chi connectivity index (χ2v) is 17.2. The Hall–Kier alpha value is -4.57. The number of carbonyl (C=O) groups excluding carboxylic acids is 2. The Morgan fingerprint density at radius 1 is 0.941 bits per heavy atom. The highest BCUT2D eigenvalue weighted by atomic mass is 32.1. The van der Waals surface area contributed by atoms with Crippen LogP contribution in [0, 0.1) is 29.6 Å². The van der Waals surface area contributed by atoms with Crippen LogP contribution in [-0.4, -0.2) is 43.8 Å². The summed E-state index contributed by atoms with van der Waals surface area (Å²) in [6.45, 7) is 7.76. The van der Waals surface area contributed by atoms with Crippen molar-refractivity contribution in [3.05, 3.63) is 89.4 Å². The van der Waals surface area contributed by atoms with Gasteiger partial charge < -0.3 is 9.64 Å². The number of hydrogen-bond acceptors (Lipinski definition) is 8. The molecule has 4 heterocycles. The average Bonchev–Trinajstić information content (AvgIpc) is 3.74. The number of rotatable bonds is 7. The minimum atomic E-state index is -0.675. The van der Waals surface area contributed by atoms with Gasteiger partial charge in [0.05, 0.1) is 16.4 Å². The number of anilines is 2. The normalized spacial score (nSPS) is 23.7. The zero-order valence-corrected chi connectivity index (χ0v) is 30.3. The minimum absolute atomic E-state index is 0.184. The molecule has 10 heteroatoms. The molecule has 4 fully saturated rings. The number of aromatic nitrogens is 4. The molecule has 4 bridgehead atoms. The van der Waals surface area contributed by atoms with Crippen LogP contribution in [0.25, 0.3) is 21.3 Å². The first-order chi connectivity index (χ1) is 24.6. The molecule has 9 nitrogen and oxygen atoms in total. The number of esters is 1. The predicted octanol–water partition coefficient (Wildman–Crippen LogP) is 8.40. The van der Waals surface area contributed by atoms with Gasteiger partial charge in [0.25, 0.3) is 5.91 Å². The Balaban J connectivity index is 0.980. The summed E-state index contributed by atoms with van der Waals surface area (Å²) < 4.78 is 9.02. The molecule has 0 atom stereocenters. The van der Waals surface area contributed by atoms with Crippen molar-refractivity contribution in [3.8, 4) is 11.1 Å². The van der Waals surface area contributed by atoms with E-state index in [0.29, 0.717) is 35.5 Å². The molecule has 10 rings (SSSR count). The summed E-state index contributed by atoms with van der Waals surface area (Å²) in [6.07, 6.45) is 11.7. The number of pyridine rings is 1. The van der Waals surface area contributed by atoms with Crippen molar-refractivity contribution in [1.82, 2.24) is 19.7 Å². The zero-order chi connectivity index (χ0) is 34.9. The number of para-hydroxylation sites is 1. The van der Waals surface area contributed by atoms with Gasteiger partial charge in [-0.05, 0) is 130 Å². The number of carbonyl (C=O) groups is 2. The Kier molecular flexibility index (Phi) is 7.98. The molecule has 0 saturated heterocycles. The Bertz CT molecular complexity index is 2090. The summed E-state index contributed by atoms with van der Waals surface area (Å²) in [7, 11) is 0. The molecule has 0 radical (unpaired) electrons. The molecule has 1 N–H and O–H groups in total. The summed E-state index contributed by atoms with van der Waals surface area (Å²) in [4.78, 5) is 39.1. The smallest absolute Gasteiger partial charge is 0.358 e. The van der Waals surface area contributed by atoms with Gasteiger partial charge in [-0.25, -0.2) is 14.8 Å². The zero-order valence-electron chi connectivity index (χ0n) is 29.5. The number of fused-ring (bicyclic) bond motifs is 2. The first-order valence-corrected chi connectivity index (χ1v) is 19.2. The maximum atomic E-state index is 13.8. The van der Waals surface area contributed by atoms with Gasteiger partial charge in [0.1, 0.15) is 11.4 Å². The average molecular weight is 701 g/mol. The summed E-state index contributed by atoms with van der Waals surface area (Å²) >= 11 is 1.46. The topological polar surface area (TPSA) is 102 Å². The highest BCUT2D eigenvalue weighted by Crippen LogP contribution is 2.56. The Labute approximate surface area is 302 Å². The van der Waals surface area contributed by atoms with E-state index < -0.39 is 11.6 Å². The molecule has 262 valence electrons. The van der Waals surface area contributed by atoms with Gasteiger partial charge in [-0.3, -0.25) is 14.8 Å². The fraction of sp³-hybridized carbons (Fsp3) is 0.439. The first kappa shape index (κ1) is 32.3. The Morgan fingerprint density at radius 3 is 2.49 bits per heavy atom. The largest absolute Gasteiger partial charge is 0.455 e. The number of benzene rings is 2. The van der Waals surface area contributed by atoms with Crippen LogP contribution in [0.1, 0.15) is 84.8 Å². The lowest BCUT2D eigenvalue weighted by atomic mass is 9.52. The number of thiazole rings is 1. The minimum Gasteiger partial charge on any atom is -0.455 e. The van der Waals surface area contributed by atoms with E-state index in [4.69, 9.17) is 14.8 Å². The lowest BCUT2D eigenvalue weighted by molar-refractivity contribution is -0.0442. The maximum absolute atomic E-state index is 13.8.